The quantitative estimate of drug-likeness (QED) is 0.394. The van der Waals surface area contributed by atoms with Gasteiger partial charge in [-0.25, -0.2) is 14.0 Å². The van der Waals surface area contributed by atoms with Gasteiger partial charge in [0, 0.05) is 25.0 Å². The number of hydrogen-bond acceptors (Lipinski definition) is 5. The van der Waals surface area contributed by atoms with E-state index < -0.39 is 12.0 Å². The van der Waals surface area contributed by atoms with Gasteiger partial charge in [-0.15, -0.1) is 0 Å². The van der Waals surface area contributed by atoms with Gasteiger partial charge in [-0.05, 0) is 48.7 Å². The lowest BCUT2D eigenvalue weighted by molar-refractivity contribution is -0.141. The number of halogens is 1. The Morgan fingerprint density at radius 2 is 1.77 bits per heavy atom. The van der Waals surface area contributed by atoms with Gasteiger partial charge < -0.3 is 20.1 Å². The van der Waals surface area contributed by atoms with Crippen LogP contribution in [0.5, 0.6) is 0 Å². The van der Waals surface area contributed by atoms with E-state index in [0.717, 1.165) is 6.42 Å². The summed E-state index contributed by atoms with van der Waals surface area (Å²) in [5.74, 6) is -1.13. The SMILES string of the molecule is CCCN1C(=O)NC(c2ccc(NC(=O)Cc3ccc(F)cc3)cc2)C(C(=O)OCCOC)=C1C. The molecule has 1 aliphatic heterocycles. The molecule has 0 spiro atoms. The van der Waals surface area contributed by atoms with Crippen LogP contribution < -0.4 is 10.6 Å². The zero-order valence-electron chi connectivity index (χ0n) is 20.1. The predicted octanol–water partition coefficient (Wildman–Crippen LogP) is 3.95. The summed E-state index contributed by atoms with van der Waals surface area (Å²) in [5, 5.41) is 5.69. The van der Waals surface area contributed by atoms with Crippen molar-refractivity contribution in [1.29, 1.82) is 0 Å². The number of rotatable bonds is 10. The van der Waals surface area contributed by atoms with Crippen LogP contribution >= 0.6 is 0 Å². The van der Waals surface area contributed by atoms with Crippen LogP contribution in [0.2, 0.25) is 0 Å². The van der Waals surface area contributed by atoms with E-state index in [-0.39, 0.29) is 37.4 Å². The normalized spacial score (nSPS) is 15.6. The molecule has 0 saturated heterocycles. The predicted molar refractivity (Wildman–Crippen MR) is 129 cm³/mol. The molecule has 35 heavy (non-hydrogen) atoms. The molecule has 9 heteroatoms. The van der Waals surface area contributed by atoms with Crippen molar-refractivity contribution < 1.29 is 28.2 Å². The van der Waals surface area contributed by atoms with Gasteiger partial charge in [0.15, 0.2) is 0 Å². The van der Waals surface area contributed by atoms with Gasteiger partial charge in [0.1, 0.15) is 12.4 Å². The molecule has 2 aromatic carbocycles. The minimum absolute atomic E-state index is 0.0968. The molecule has 0 radical (unpaired) electrons. The van der Waals surface area contributed by atoms with Gasteiger partial charge in [0.05, 0.1) is 24.6 Å². The Bertz CT molecular complexity index is 1080. The second kappa shape index (κ2) is 12.1. The number of allylic oxidation sites excluding steroid dienone is 1. The lowest BCUT2D eigenvalue weighted by Crippen LogP contribution is -2.48. The molecule has 0 fully saturated rings. The van der Waals surface area contributed by atoms with E-state index in [4.69, 9.17) is 9.47 Å². The van der Waals surface area contributed by atoms with Crippen LogP contribution in [0, 0.1) is 5.82 Å². The highest BCUT2D eigenvalue weighted by Crippen LogP contribution is 2.32. The Labute approximate surface area is 204 Å². The number of esters is 1. The Balaban J connectivity index is 1.78. The molecule has 8 nitrogen and oxygen atoms in total. The molecule has 1 unspecified atom stereocenters. The van der Waals surface area contributed by atoms with Crippen LogP contribution in [0.4, 0.5) is 14.9 Å². The number of nitrogens with zero attached hydrogens (tertiary/aromatic N) is 1. The average Bonchev–Trinajstić information content (AvgIpc) is 2.83. The van der Waals surface area contributed by atoms with Crippen LogP contribution in [0.25, 0.3) is 0 Å². The highest BCUT2D eigenvalue weighted by atomic mass is 19.1. The Hall–Kier alpha value is -3.72. The minimum Gasteiger partial charge on any atom is -0.460 e. The van der Waals surface area contributed by atoms with Crippen molar-refractivity contribution in [2.75, 3.05) is 32.2 Å². The van der Waals surface area contributed by atoms with Crippen molar-refractivity contribution in [3.05, 3.63) is 76.7 Å². The van der Waals surface area contributed by atoms with Crippen molar-refractivity contribution in [3.8, 4) is 0 Å². The third-order valence-electron chi connectivity index (χ3n) is 5.59. The average molecular weight is 484 g/mol. The summed E-state index contributed by atoms with van der Waals surface area (Å²) in [6, 6.07) is 11.6. The second-order valence-corrected chi connectivity index (χ2v) is 8.14. The van der Waals surface area contributed by atoms with Crippen LogP contribution in [-0.4, -0.2) is 49.7 Å². The summed E-state index contributed by atoms with van der Waals surface area (Å²) in [5.41, 5.74) is 2.81. The van der Waals surface area contributed by atoms with Crippen LogP contribution in [0.1, 0.15) is 37.4 Å². The molecule has 0 aromatic heterocycles. The van der Waals surface area contributed by atoms with Gasteiger partial charge >= 0.3 is 12.0 Å². The molecular formula is C26H30FN3O5. The third kappa shape index (κ3) is 6.66. The van der Waals surface area contributed by atoms with Crippen molar-refractivity contribution in [2.24, 2.45) is 0 Å². The largest absolute Gasteiger partial charge is 0.460 e. The highest BCUT2D eigenvalue weighted by molar-refractivity contribution is 5.95. The lowest BCUT2D eigenvalue weighted by Gasteiger charge is -2.35. The first-order valence-corrected chi connectivity index (χ1v) is 11.4. The molecule has 3 amide bonds. The number of benzene rings is 2. The maximum atomic E-state index is 13.1. The summed E-state index contributed by atoms with van der Waals surface area (Å²) in [6.07, 6.45) is 0.834. The smallest absolute Gasteiger partial charge is 0.338 e. The molecule has 2 N–H and O–H groups in total. The van der Waals surface area contributed by atoms with E-state index >= 15 is 0 Å². The van der Waals surface area contributed by atoms with Crippen LogP contribution in [-0.2, 0) is 25.5 Å². The number of urea groups is 1. The van der Waals surface area contributed by atoms with E-state index in [1.807, 2.05) is 6.92 Å². The fraction of sp³-hybridized carbons (Fsp3) is 0.346. The monoisotopic (exact) mass is 483 g/mol. The lowest BCUT2D eigenvalue weighted by atomic mass is 9.94. The molecular weight excluding hydrogens is 453 g/mol. The molecule has 2 aromatic rings. The number of carbonyl (C=O) groups excluding carboxylic acids is 3. The van der Waals surface area contributed by atoms with Crippen molar-refractivity contribution in [2.45, 2.75) is 32.7 Å². The summed E-state index contributed by atoms with van der Waals surface area (Å²) in [7, 11) is 1.52. The first kappa shape index (κ1) is 25.9. The number of ether oxygens (including phenoxy) is 2. The first-order valence-electron chi connectivity index (χ1n) is 11.4. The van der Waals surface area contributed by atoms with E-state index in [1.165, 1.54) is 24.1 Å². The maximum absolute atomic E-state index is 13.1. The van der Waals surface area contributed by atoms with Gasteiger partial charge in [0.25, 0.3) is 0 Å². The van der Waals surface area contributed by atoms with Gasteiger partial charge in [0.2, 0.25) is 5.91 Å². The van der Waals surface area contributed by atoms with Crippen LogP contribution in [0.15, 0.2) is 59.8 Å². The molecule has 1 atom stereocenters. The van der Waals surface area contributed by atoms with Crippen molar-refractivity contribution in [3.63, 3.8) is 0 Å². The Kier molecular flexibility index (Phi) is 8.97. The number of anilines is 1. The van der Waals surface area contributed by atoms with Crippen LogP contribution in [0.3, 0.4) is 0 Å². The topological polar surface area (TPSA) is 97.0 Å². The molecule has 0 saturated carbocycles. The standard InChI is InChI=1S/C26H30FN3O5/c1-4-13-30-17(2)23(25(32)35-15-14-34-3)24(29-26(30)33)19-7-11-21(12-8-19)28-22(31)16-18-5-9-20(27)10-6-18/h5-12,24H,4,13-16H2,1-3H3,(H,28,31)(H,29,33). The fourth-order valence-corrected chi connectivity index (χ4v) is 3.84. The van der Waals surface area contributed by atoms with E-state index in [0.29, 0.717) is 34.6 Å². The zero-order chi connectivity index (χ0) is 25.4. The molecule has 3 rings (SSSR count). The summed E-state index contributed by atoms with van der Waals surface area (Å²) < 4.78 is 23.4. The minimum atomic E-state index is -0.699. The number of carbonyl (C=O) groups is 3. The van der Waals surface area contributed by atoms with Crippen molar-refractivity contribution >= 4 is 23.6 Å². The molecule has 0 aliphatic carbocycles. The highest BCUT2D eigenvalue weighted by Gasteiger charge is 2.36. The molecule has 1 aliphatic rings. The zero-order valence-corrected chi connectivity index (χ0v) is 20.1. The van der Waals surface area contributed by atoms with E-state index in [1.54, 1.807) is 43.3 Å². The third-order valence-corrected chi connectivity index (χ3v) is 5.59. The van der Waals surface area contributed by atoms with E-state index in [2.05, 4.69) is 10.6 Å². The summed E-state index contributed by atoms with van der Waals surface area (Å²) >= 11 is 0. The molecule has 1 heterocycles. The fourth-order valence-electron chi connectivity index (χ4n) is 3.84. The van der Waals surface area contributed by atoms with Gasteiger partial charge in [-0.2, -0.15) is 0 Å². The summed E-state index contributed by atoms with van der Waals surface area (Å²) in [6.45, 7) is 4.52. The van der Waals surface area contributed by atoms with Gasteiger partial charge in [-0.1, -0.05) is 31.2 Å². The van der Waals surface area contributed by atoms with Crippen molar-refractivity contribution in [1.82, 2.24) is 10.2 Å². The van der Waals surface area contributed by atoms with Gasteiger partial charge in [-0.3, -0.25) is 9.69 Å². The Morgan fingerprint density at radius 3 is 2.40 bits per heavy atom. The molecule has 0 bridgehead atoms. The number of amides is 3. The first-order chi connectivity index (χ1) is 16.8. The maximum Gasteiger partial charge on any atom is 0.338 e. The summed E-state index contributed by atoms with van der Waals surface area (Å²) in [4.78, 5) is 39.6. The Morgan fingerprint density at radius 1 is 1.09 bits per heavy atom. The number of nitrogens with one attached hydrogen (secondary N) is 2. The van der Waals surface area contributed by atoms with E-state index in [9.17, 15) is 18.8 Å². The second-order valence-electron chi connectivity index (χ2n) is 8.14. The number of hydrogen-bond donors (Lipinski definition) is 2. The molecule has 186 valence electrons. The number of methoxy groups -OCH3 is 1.